The van der Waals surface area contributed by atoms with Crippen LogP contribution in [-0.2, 0) is 12.8 Å². The van der Waals surface area contributed by atoms with Crippen LogP contribution in [0.2, 0.25) is 0 Å². The van der Waals surface area contributed by atoms with Crippen molar-refractivity contribution in [3.05, 3.63) is 16.8 Å². The molecule has 1 aliphatic heterocycles. The maximum absolute atomic E-state index is 4.64. The first-order chi connectivity index (χ1) is 8.93. The normalized spacial score (nSPS) is 19.4. The predicted molar refractivity (Wildman–Crippen MR) is 73.6 cm³/mol. The smallest absolute Gasteiger partial charge is 0.238 e. The standard InChI is InChI=1S/C14H17N3S.ClH/c1-2-7-17(8-3-1)13-12-10-5-4-6-11(10)18-14(12)16-9-15-13;/h9H,1-8H2;1H. The quantitative estimate of drug-likeness (QED) is 0.723. The fourth-order valence-electron chi connectivity index (χ4n) is 3.41. The Morgan fingerprint density at radius 3 is 2.68 bits per heavy atom. The molecular formula is C14H18ClN3S. The van der Waals surface area contributed by atoms with Crippen LogP contribution in [-0.4, -0.2) is 23.1 Å². The SMILES string of the molecule is [Cl-].c1nc([NH+]2CCCCC2)c2c3c(sc2n1)CCC3. The van der Waals surface area contributed by atoms with Crippen LogP contribution in [0.4, 0.5) is 5.82 Å². The molecule has 0 atom stereocenters. The van der Waals surface area contributed by atoms with Crippen molar-refractivity contribution in [3.63, 3.8) is 0 Å². The number of halogens is 1. The molecule has 1 aliphatic carbocycles. The second kappa shape index (κ2) is 5.35. The molecular weight excluding hydrogens is 278 g/mol. The zero-order chi connectivity index (χ0) is 11.9. The number of quaternary nitrogens is 1. The van der Waals surface area contributed by atoms with Crippen molar-refractivity contribution >= 4 is 27.4 Å². The van der Waals surface area contributed by atoms with Gasteiger partial charge in [0.25, 0.3) is 0 Å². The van der Waals surface area contributed by atoms with E-state index in [1.807, 2.05) is 11.3 Å². The highest BCUT2D eigenvalue weighted by atomic mass is 35.5. The molecule has 2 aromatic rings. The van der Waals surface area contributed by atoms with E-state index < -0.39 is 0 Å². The Morgan fingerprint density at radius 1 is 1.00 bits per heavy atom. The Morgan fingerprint density at radius 2 is 1.84 bits per heavy atom. The number of piperidine rings is 1. The van der Waals surface area contributed by atoms with Crippen LogP contribution in [0.3, 0.4) is 0 Å². The van der Waals surface area contributed by atoms with Crippen molar-refractivity contribution < 1.29 is 17.3 Å². The number of hydrogen-bond acceptors (Lipinski definition) is 3. The van der Waals surface area contributed by atoms with Crippen molar-refractivity contribution in [1.29, 1.82) is 0 Å². The number of fused-ring (bicyclic) bond motifs is 3. The molecule has 1 N–H and O–H groups in total. The van der Waals surface area contributed by atoms with Gasteiger partial charge in [-0.1, -0.05) is 0 Å². The first kappa shape index (κ1) is 13.3. The maximum atomic E-state index is 4.64. The van der Waals surface area contributed by atoms with Gasteiger partial charge in [-0.15, -0.1) is 11.3 Å². The van der Waals surface area contributed by atoms with E-state index in [2.05, 4.69) is 9.97 Å². The van der Waals surface area contributed by atoms with E-state index in [1.54, 1.807) is 21.7 Å². The number of nitrogens with zero attached hydrogens (tertiary/aromatic N) is 2. The van der Waals surface area contributed by atoms with E-state index in [0.29, 0.717) is 0 Å². The van der Waals surface area contributed by atoms with Gasteiger partial charge in [0.05, 0.1) is 18.5 Å². The molecule has 19 heavy (non-hydrogen) atoms. The molecule has 0 amide bonds. The maximum Gasteiger partial charge on any atom is 0.238 e. The summed E-state index contributed by atoms with van der Waals surface area (Å²) in [5.41, 5.74) is 1.57. The third kappa shape index (κ3) is 2.16. The van der Waals surface area contributed by atoms with Crippen molar-refractivity contribution in [2.75, 3.05) is 13.1 Å². The highest BCUT2D eigenvalue weighted by molar-refractivity contribution is 7.19. The number of aryl methyl sites for hydroxylation is 2. The second-order valence-electron chi connectivity index (χ2n) is 5.42. The predicted octanol–water partition coefficient (Wildman–Crippen LogP) is -1.12. The molecule has 0 aromatic carbocycles. The second-order valence-corrected chi connectivity index (χ2v) is 6.51. The zero-order valence-electron chi connectivity index (χ0n) is 10.9. The van der Waals surface area contributed by atoms with Gasteiger partial charge in [0.15, 0.2) is 0 Å². The largest absolute Gasteiger partial charge is 1.00 e. The molecule has 5 heteroatoms. The topological polar surface area (TPSA) is 30.2 Å². The van der Waals surface area contributed by atoms with Gasteiger partial charge < -0.3 is 12.4 Å². The van der Waals surface area contributed by atoms with E-state index in [-0.39, 0.29) is 12.4 Å². The summed E-state index contributed by atoms with van der Waals surface area (Å²) in [6.45, 7) is 2.49. The Bertz CT molecular complexity index is 590. The average Bonchev–Trinajstić information content (AvgIpc) is 2.99. The summed E-state index contributed by atoms with van der Waals surface area (Å²) in [6.07, 6.45) is 9.65. The van der Waals surface area contributed by atoms with Crippen LogP contribution in [0.5, 0.6) is 0 Å². The van der Waals surface area contributed by atoms with Crippen molar-refractivity contribution in [2.45, 2.75) is 38.5 Å². The summed E-state index contributed by atoms with van der Waals surface area (Å²) >= 11 is 1.90. The molecule has 4 rings (SSSR count). The van der Waals surface area contributed by atoms with E-state index in [9.17, 15) is 0 Å². The lowest BCUT2D eigenvalue weighted by Gasteiger charge is -2.22. The van der Waals surface area contributed by atoms with Crippen molar-refractivity contribution in [1.82, 2.24) is 9.97 Å². The lowest BCUT2D eigenvalue weighted by molar-refractivity contribution is -0.839. The molecule has 3 nitrogen and oxygen atoms in total. The molecule has 1 fully saturated rings. The minimum atomic E-state index is 0. The molecule has 2 aliphatic rings. The molecule has 0 bridgehead atoms. The molecule has 0 unspecified atom stereocenters. The zero-order valence-corrected chi connectivity index (χ0v) is 12.5. The minimum Gasteiger partial charge on any atom is -1.00 e. The van der Waals surface area contributed by atoms with Crippen molar-refractivity contribution in [2.24, 2.45) is 0 Å². The van der Waals surface area contributed by atoms with Gasteiger partial charge in [-0.3, -0.25) is 4.90 Å². The monoisotopic (exact) mass is 295 g/mol. The lowest BCUT2D eigenvalue weighted by Crippen LogP contribution is -3.08. The molecule has 0 radical (unpaired) electrons. The number of rotatable bonds is 1. The van der Waals surface area contributed by atoms with E-state index in [0.717, 1.165) is 0 Å². The third-order valence-corrected chi connectivity index (χ3v) is 5.49. The van der Waals surface area contributed by atoms with E-state index in [4.69, 9.17) is 0 Å². The van der Waals surface area contributed by atoms with Crippen LogP contribution in [0.1, 0.15) is 36.1 Å². The average molecular weight is 296 g/mol. The van der Waals surface area contributed by atoms with Crippen LogP contribution < -0.4 is 17.3 Å². The molecule has 0 spiro atoms. The van der Waals surface area contributed by atoms with E-state index >= 15 is 0 Å². The number of hydrogen-bond donors (Lipinski definition) is 1. The minimum absolute atomic E-state index is 0. The molecule has 102 valence electrons. The summed E-state index contributed by atoms with van der Waals surface area (Å²) in [4.78, 5) is 13.5. The van der Waals surface area contributed by atoms with Crippen LogP contribution in [0.15, 0.2) is 6.33 Å². The summed E-state index contributed by atoms with van der Waals surface area (Å²) < 4.78 is 0. The molecule has 0 saturated carbocycles. The van der Waals surface area contributed by atoms with Gasteiger partial charge in [0, 0.05) is 4.88 Å². The van der Waals surface area contributed by atoms with Gasteiger partial charge in [0.1, 0.15) is 11.2 Å². The first-order valence-corrected chi connectivity index (χ1v) is 7.85. The Kier molecular flexibility index (Phi) is 3.74. The Balaban J connectivity index is 0.00000110. The van der Waals surface area contributed by atoms with Crippen LogP contribution >= 0.6 is 11.3 Å². The number of nitrogens with one attached hydrogen (secondary N) is 1. The Labute approximate surface area is 123 Å². The summed E-state index contributed by atoms with van der Waals surface area (Å²) in [6, 6.07) is 0. The summed E-state index contributed by atoms with van der Waals surface area (Å²) in [5.74, 6) is 1.29. The highest BCUT2D eigenvalue weighted by Crippen LogP contribution is 2.38. The van der Waals surface area contributed by atoms with Gasteiger partial charge in [-0.2, -0.15) is 4.98 Å². The third-order valence-electron chi connectivity index (χ3n) is 4.29. The molecule has 2 aromatic heterocycles. The number of aromatic nitrogens is 2. The number of thiophene rings is 1. The van der Waals surface area contributed by atoms with Gasteiger partial charge >= 0.3 is 0 Å². The lowest BCUT2D eigenvalue weighted by atomic mass is 10.1. The summed E-state index contributed by atoms with van der Waals surface area (Å²) in [5, 5.41) is 1.41. The van der Waals surface area contributed by atoms with Gasteiger partial charge in [0.2, 0.25) is 5.82 Å². The Hall–Kier alpha value is -0.710. The van der Waals surface area contributed by atoms with Gasteiger partial charge in [-0.25, -0.2) is 4.98 Å². The molecule has 3 heterocycles. The highest BCUT2D eigenvalue weighted by Gasteiger charge is 2.27. The molecule has 1 saturated heterocycles. The van der Waals surface area contributed by atoms with Crippen LogP contribution in [0.25, 0.3) is 10.2 Å². The van der Waals surface area contributed by atoms with E-state index in [1.165, 1.54) is 67.6 Å². The van der Waals surface area contributed by atoms with Crippen molar-refractivity contribution in [3.8, 4) is 0 Å². The first-order valence-electron chi connectivity index (χ1n) is 7.04. The fourth-order valence-corrected chi connectivity index (χ4v) is 4.64. The fraction of sp³-hybridized carbons (Fsp3) is 0.571. The van der Waals surface area contributed by atoms with Crippen LogP contribution in [0, 0.1) is 0 Å². The van der Waals surface area contributed by atoms with Gasteiger partial charge in [-0.05, 0) is 44.1 Å². The summed E-state index contributed by atoms with van der Waals surface area (Å²) in [7, 11) is 0.